The Balaban J connectivity index is 1.60. The average Bonchev–Trinajstić information content (AvgIpc) is 3.51. The van der Waals surface area contributed by atoms with Crippen LogP contribution in [0.4, 0.5) is 5.00 Å². The largest absolute Gasteiger partial charge is 0.465 e. The van der Waals surface area contributed by atoms with Crippen LogP contribution in [0.1, 0.15) is 36.1 Å². The lowest BCUT2D eigenvalue weighted by atomic mass is 10.1. The van der Waals surface area contributed by atoms with Crippen LogP contribution >= 0.6 is 11.3 Å². The van der Waals surface area contributed by atoms with Gasteiger partial charge in [0.15, 0.2) is 11.5 Å². The fourth-order valence-corrected chi connectivity index (χ4v) is 4.16. The molecule has 1 aliphatic heterocycles. The number of carbonyl (C=O) groups is 3. The van der Waals surface area contributed by atoms with E-state index in [1.807, 2.05) is 0 Å². The summed E-state index contributed by atoms with van der Waals surface area (Å²) in [6, 6.07) is 6.89. The van der Waals surface area contributed by atoms with E-state index in [4.69, 9.17) is 18.9 Å². The number of ether oxygens (including phenoxy) is 4. The highest BCUT2D eigenvalue weighted by Gasteiger charge is 2.27. The van der Waals surface area contributed by atoms with Gasteiger partial charge in [-0.25, -0.2) is 9.59 Å². The first-order chi connectivity index (χ1) is 14.9. The van der Waals surface area contributed by atoms with Crippen molar-refractivity contribution in [3.63, 3.8) is 0 Å². The predicted molar refractivity (Wildman–Crippen MR) is 110 cm³/mol. The second kappa shape index (κ2) is 8.11. The number of nitrogens with zero attached hydrogens (tertiary/aromatic N) is 1. The van der Waals surface area contributed by atoms with Gasteiger partial charge in [0.2, 0.25) is 6.79 Å². The number of esters is 2. The third kappa shape index (κ3) is 3.70. The monoisotopic (exact) mass is 443 g/mol. The SMILES string of the molecule is COC(=O)c1sc(NC(=O)c2cc(-c3ccc4c(c3)OCO4)n[nH]2)c(C(=O)OC)c1C. The first kappa shape index (κ1) is 20.4. The van der Waals surface area contributed by atoms with Crippen LogP contribution in [-0.2, 0) is 9.47 Å². The van der Waals surface area contributed by atoms with Gasteiger partial charge in [-0.05, 0) is 36.8 Å². The lowest BCUT2D eigenvalue weighted by Gasteiger charge is -2.04. The van der Waals surface area contributed by atoms with Gasteiger partial charge in [0.05, 0.1) is 25.5 Å². The zero-order chi connectivity index (χ0) is 22.1. The van der Waals surface area contributed by atoms with Gasteiger partial charge in [-0.2, -0.15) is 5.10 Å². The number of aromatic nitrogens is 2. The van der Waals surface area contributed by atoms with E-state index in [2.05, 4.69) is 15.5 Å². The van der Waals surface area contributed by atoms with Crippen LogP contribution in [0, 0.1) is 6.92 Å². The molecule has 0 aliphatic carbocycles. The lowest BCUT2D eigenvalue weighted by Crippen LogP contribution is -2.14. The Morgan fingerprint density at radius 2 is 1.84 bits per heavy atom. The van der Waals surface area contributed by atoms with Crippen LogP contribution in [0.15, 0.2) is 24.3 Å². The summed E-state index contributed by atoms with van der Waals surface area (Å²) in [5, 5.41) is 9.66. The number of aromatic amines is 1. The molecule has 0 radical (unpaired) electrons. The number of H-pyrrole nitrogens is 1. The number of hydrogen-bond donors (Lipinski definition) is 2. The van der Waals surface area contributed by atoms with Crippen LogP contribution in [-0.4, -0.2) is 49.1 Å². The van der Waals surface area contributed by atoms with Gasteiger partial charge >= 0.3 is 11.9 Å². The van der Waals surface area contributed by atoms with Crippen molar-refractivity contribution in [1.29, 1.82) is 0 Å². The predicted octanol–water partition coefficient (Wildman–Crippen LogP) is 3.00. The number of methoxy groups -OCH3 is 2. The molecule has 0 atom stereocenters. The molecule has 0 saturated heterocycles. The third-order valence-corrected chi connectivity index (χ3v) is 5.81. The number of benzene rings is 1. The Morgan fingerprint density at radius 1 is 1.10 bits per heavy atom. The molecule has 1 aromatic carbocycles. The van der Waals surface area contributed by atoms with Crippen molar-refractivity contribution in [3.05, 3.63) is 46.0 Å². The molecule has 0 fully saturated rings. The number of amides is 1. The number of nitrogens with one attached hydrogen (secondary N) is 2. The first-order valence-corrected chi connectivity index (χ1v) is 9.81. The summed E-state index contributed by atoms with van der Waals surface area (Å²) in [6.07, 6.45) is 0. The van der Waals surface area contributed by atoms with Crippen LogP contribution in [0.5, 0.6) is 11.5 Å². The van der Waals surface area contributed by atoms with Gasteiger partial charge < -0.3 is 24.3 Å². The number of rotatable bonds is 5. The van der Waals surface area contributed by atoms with Crippen molar-refractivity contribution in [2.24, 2.45) is 0 Å². The topological polar surface area (TPSA) is 129 Å². The summed E-state index contributed by atoms with van der Waals surface area (Å²) in [6.45, 7) is 1.74. The van der Waals surface area contributed by atoms with Crippen molar-refractivity contribution < 1.29 is 33.3 Å². The normalized spacial score (nSPS) is 11.8. The van der Waals surface area contributed by atoms with Gasteiger partial charge in [-0.15, -0.1) is 11.3 Å². The molecule has 3 aromatic rings. The van der Waals surface area contributed by atoms with Crippen molar-refractivity contribution in [3.8, 4) is 22.8 Å². The van der Waals surface area contributed by atoms with Crippen molar-refractivity contribution in [2.75, 3.05) is 26.3 Å². The fraction of sp³-hybridized carbons (Fsp3) is 0.200. The summed E-state index contributed by atoms with van der Waals surface area (Å²) < 4.78 is 20.2. The van der Waals surface area contributed by atoms with E-state index < -0.39 is 17.8 Å². The fourth-order valence-electron chi connectivity index (χ4n) is 3.05. The molecule has 0 bridgehead atoms. The maximum Gasteiger partial charge on any atom is 0.348 e. The van der Waals surface area contributed by atoms with Crippen molar-refractivity contribution in [1.82, 2.24) is 10.2 Å². The Labute approximate surface area is 180 Å². The second-order valence-electron chi connectivity index (χ2n) is 6.43. The number of carbonyl (C=O) groups excluding carboxylic acids is 3. The second-order valence-corrected chi connectivity index (χ2v) is 7.45. The minimum Gasteiger partial charge on any atom is -0.465 e. The number of thiophene rings is 1. The molecule has 160 valence electrons. The molecule has 3 heterocycles. The standard InChI is InChI=1S/C20H17N3O7S/c1-9-15(19(25)27-2)18(31-16(9)20(26)28-3)21-17(24)12-7-11(22-23-12)10-4-5-13-14(6-10)30-8-29-13/h4-7H,8H2,1-3H3,(H,21,24)(H,22,23). The van der Waals surface area contributed by atoms with Crippen molar-refractivity contribution >= 4 is 34.2 Å². The third-order valence-electron chi connectivity index (χ3n) is 4.62. The van der Waals surface area contributed by atoms with E-state index in [0.29, 0.717) is 22.8 Å². The highest BCUT2D eigenvalue weighted by atomic mass is 32.1. The molecule has 2 aromatic heterocycles. The zero-order valence-electron chi connectivity index (χ0n) is 16.7. The molecule has 2 N–H and O–H groups in total. The molecular formula is C20H17N3O7S. The maximum atomic E-state index is 12.8. The first-order valence-electron chi connectivity index (χ1n) is 8.99. The molecular weight excluding hydrogens is 426 g/mol. The van der Waals surface area contributed by atoms with Gasteiger partial charge in [0, 0.05) is 5.56 Å². The molecule has 0 spiro atoms. The van der Waals surface area contributed by atoms with Crippen molar-refractivity contribution in [2.45, 2.75) is 6.92 Å². The van der Waals surface area contributed by atoms with E-state index >= 15 is 0 Å². The highest BCUT2D eigenvalue weighted by molar-refractivity contribution is 7.18. The average molecular weight is 443 g/mol. The van der Waals surface area contributed by atoms with Crippen LogP contribution in [0.25, 0.3) is 11.3 Å². The smallest absolute Gasteiger partial charge is 0.348 e. The molecule has 4 rings (SSSR count). The van der Waals surface area contributed by atoms with Gasteiger partial charge in [-0.3, -0.25) is 9.89 Å². The van der Waals surface area contributed by atoms with Gasteiger partial charge in [-0.1, -0.05) is 0 Å². The molecule has 10 nitrogen and oxygen atoms in total. The summed E-state index contributed by atoms with van der Waals surface area (Å²) in [4.78, 5) is 37.2. The Bertz CT molecular complexity index is 1200. The molecule has 11 heteroatoms. The number of hydrogen-bond acceptors (Lipinski definition) is 9. The van der Waals surface area contributed by atoms with Crippen LogP contribution in [0.3, 0.4) is 0 Å². The van der Waals surface area contributed by atoms with Crippen LogP contribution in [0.2, 0.25) is 0 Å². The minimum absolute atomic E-state index is 0.0942. The Kier molecular flexibility index (Phi) is 5.34. The quantitative estimate of drug-likeness (QED) is 0.576. The summed E-state index contributed by atoms with van der Waals surface area (Å²) in [7, 11) is 2.45. The Morgan fingerprint density at radius 3 is 2.58 bits per heavy atom. The highest BCUT2D eigenvalue weighted by Crippen LogP contribution is 2.36. The van der Waals surface area contributed by atoms with E-state index in [-0.39, 0.29) is 27.9 Å². The van der Waals surface area contributed by atoms with E-state index in [1.54, 1.807) is 31.2 Å². The molecule has 1 amide bonds. The lowest BCUT2D eigenvalue weighted by molar-refractivity contribution is 0.0601. The minimum atomic E-state index is -0.676. The number of fused-ring (bicyclic) bond motifs is 1. The maximum absolute atomic E-state index is 12.8. The summed E-state index contributed by atoms with van der Waals surface area (Å²) in [5.41, 5.74) is 1.87. The van der Waals surface area contributed by atoms with Crippen LogP contribution < -0.4 is 14.8 Å². The summed E-state index contributed by atoms with van der Waals surface area (Å²) in [5.74, 6) is -0.590. The molecule has 31 heavy (non-hydrogen) atoms. The Hall–Kier alpha value is -3.86. The van der Waals surface area contributed by atoms with E-state index in [0.717, 1.165) is 16.9 Å². The molecule has 0 saturated carbocycles. The zero-order valence-corrected chi connectivity index (χ0v) is 17.5. The van der Waals surface area contributed by atoms with Gasteiger partial charge in [0.1, 0.15) is 15.6 Å². The molecule has 0 unspecified atom stereocenters. The summed E-state index contributed by atoms with van der Waals surface area (Å²) >= 11 is 0.930. The molecule has 1 aliphatic rings. The number of anilines is 1. The van der Waals surface area contributed by atoms with Gasteiger partial charge in [0.25, 0.3) is 5.91 Å². The van der Waals surface area contributed by atoms with E-state index in [1.165, 1.54) is 14.2 Å². The van der Waals surface area contributed by atoms with E-state index in [9.17, 15) is 14.4 Å².